The molecule has 4 aromatic rings. The zero-order chi connectivity index (χ0) is 20.9. The van der Waals surface area contributed by atoms with Crippen LogP contribution in [0, 0.1) is 5.82 Å². The number of fused-ring (bicyclic) bond motifs is 1. The van der Waals surface area contributed by atoms with Gasteiger partial charge < -0.3 is 10.1 Å². The largest absolute Gasteiger partial charge is 0.493 e. The van der Waals surface area contributed by atoms with Crippen LogP contribution < -0.4 is 10.1 Å². The molecule has 3 aromatic carbocycles. The van der Waals surface area contributed by atoms with Gasteiger partial charge in [-0.2, -0.15) is 0 Å². The SMILES string of the molecule is CCOc1cc(-c2ccccc2)nc2ccc(C(=O)NCc3ccc(F)cc3)cc12. The Hall–Kier alpha value is -3.73. The van der Waals surface area contributed by atoms with Gasteiger partial charge in [0.05, 0.1) is 17.8 Å². The quantitative estimate of drug-likeness (QED) is 0.473. The standard InChI is InChI=1S/C25H21FN2O2/c1-2-30-24-15-23(18-6-4-3-5-7-18)28-22-13-10-19(14-21(22)24)25(29)27-16-17-8-11-20(26)12-9-17/h3-15H,2,16H2,1H3,(H,27,29). The van der Waals surface area contributed by atoms with E-state index in [1.165, 1.54) is 12.1 Å². The number of carbonyl (C=O) groups is 1. The number of hydrogen-bond acceptors (Lipinski definition) is 3. The number of amides is 1. The Morgan fingerprint density at radius 2 is 1.77 bits per heavy atom. The topological polar surface area (TPSA) is 51.2 Å². The van der Waals surface area contributed by atoms with E-state index >= 15 is 0 Å². The van der Waals surface area contributed by atoms with Crippen molar-refractivity contribution < 1.29 is 13.9 Å². The Balaban J connectivity index is 1.63. The van der Waals surface area contributed by atoms with Crippen LogP contribution in [0.3, 0.4) is 0 Å². The molecule has 0 atom stereocenters. The number of ether oxygens (including phenoxy) is 1. The van der Waals surface area contributed by atoms with Crippen LogP contribution in [0.1, 0.15) is 22.8 Å². The van der Waals surface area contributed by atoms with Gasteiger partial charge in [0.15, 0.2) is 0 Å². The summed E-state index contributed by atoms with van der Waals surface area (Å²) in [6.07, 6.45) is 0. The predicted octanol–water partition coefficient (Wildman–Crippen LogP) is 5.37. The number of nitrogens with zero attached hydrogens (tertiary/aromatic N) is 1. The minimum Gasteiger partial charge on any atom is -0.493 e. The molecule has 1 amide bonds. The second-order valence-electron chi connectivity index (χ2n) is 6.85. The zero-order valence-corrected chi connectivity index (χ0v) is 16.6. The number of hydrogen-bond donors (Lipinski definition) is 1. The lowest BCUT2D eigenvalue weighted by atomic mass is 10.1. The van der Waals surface area contributed by atoms with Crippen LogP contribution in [0.2, 0.25) is 0 Å². The van der Waals surface area contributed by atoms with Crippen LogP contribution in [0.4, 0.5) is 4.39 Å². The maximum atomic E-state index is 13.0. The Bertz CT molecular complexity index is 1180. The Kier molecular flexibility index (Phi) is 5.70. The molecule has 0 spiro atoms. The molecule has 0 radical (unpaired) electrons. The highest BCUT2D eigenvalue weighted by Gasteiger charge is 2.12. The van der Waals surface area contributed by atoms with Crippen molar-refractivity contribution in [2.45, 2.75) is 13.5 Å². The van der Waals surface area contributed by atoms with Crippen LogP contribution in [-0.2, 0) is 6.54 Å². The zero-order valence-electron chi connectivity index (χ0n) is 16.6. The monoisotopic (exact) mass is 400 g/mol. The molecule has 0 aliphatic carbocycles. The van der Waals surface area contributed by atoms with Gasteiger partial charge in [-0.15, -0.1) is 0 Å². The molecule has 1 heterocycles. The smallest absolute Gasteiger partial charge is 0.251 e. The Morgan fingerprint density at radius 3 is 2.50 bits per heavy atom. The molecule has 30 heavy (non-hydrogen) atoms. The molecule has 0 aliphatic heterocycles. The highest BCUT2D eigenvalue weighted by atomic mass is 19.1. The molecular formula is C25H21FN2O2. The van der Waals surface area contributed by atoms with Gasteiger partial charge in [0.2, 0.25) is 0 Å². The fraction of sp³-hybridized carbons (Fsp3) is 0.120. The highest BCUT2D eigenvalue weighted by Crippen LogP contribution is 2.31. The summed E-state index contributed by atoms with van der Waals surface area (Å²) in [6.45, 7) is 2.75. The van der Waals surface area contributed by atoms with Gasteiger partial charge in [-0.05, 0) is 42.8 Å². The first-order valence-corrected chi connectivity index (χ1v) is 9.79. The summed E-state index contributed by atoms with van der Waals surface area (Å²) < 4.78 is 18.9. The predicted molar refractivity (Wildman–Crippen MR) is 116 cm³/mol. The summed E-state index contributed by atoms with van der Waals surface area (Å²) in [5.41, 5.74) is 3.92. The third-order valence-electron chi connectivity index (χ3n) is 4.77. The van der Waals surface area contributed by atoms with Gasteiger partial charge >= 0.3 is 0 Å². The molecule has 4 rings (SSSR count). The van der Waals surface area contributed by atoms with E-state index in [-0.39, 0.29) is 11.7 Å². The first kappa shape index (κ1) is 19.6. The van der Waals surface area contributed by atoms with Crippen molar-refractivity contribution in [2.75, 3.05) is 6.61 Å². The van der Waals surface area contributed by atoms with Crippen molar-refractivity contribution in [1.29, 1.82) is 0 Å². The number of pyridine rings is 1. The molecule has 0 unspecified atom stereocenters. The maximum Gasteiger partial charge on any atom is 0.251 e. The van der Waals surface area contributed by atoms with Gasteiger partial charge in [-0.1, -0.05) is 42.5 Å². The minimum absolute atomic E-state index is 0.212. The molecule has 0 saturated carbocycles. The summed E-state index contributed by atoms with van der Waals surface area (Å²) in [7, 11) is 0. The number of carbonyl (C=O) groups excluding carboxylic acids is 1. The van der Waals surface area contributed by atoms with Crippen LogP contribution >= 0.6 is 0 Å². The Labute approximate surface area is 174 Å². The molecule has 150 valence electrons. The average molecular weight is 400 g/mol. The summed E-state index contributed by atoms with van der Waals surface area (Å²) in [5.74, 6) is 0.177. The minimum atomic E-state index is -0.301. The molecule has 0 fully saturated rings. The number of halogens is 1. The van der Waals surface area contributed by atoms with E-state index in [1.54, 1.807) is 24.3 Å². The van der Waals surface area contributed by atoms with Gasteiger partial charge in [-0.3, -0.25) is 4.79 Å². The summed E-state index contributed by atoms with van der Waals surface area (Å²) in [4.78, 5) is 17.4. The summed E-state index contributed by atoms with van der Waals surface area (Å²) >= 11 is 0. The van der Waals surface area contributed by atoms with E-state index in [4.69, 9.17) is 9.72 Å². The van der Waals surface area contributed by atoms with Crippen LogP contribution in [0.25, 0.3) is 22.2 Å². The van der Waals surface area contributed by atoms with E-state index in [0.717, 1.165) is 27.7 Å². The molecule has 0 saturated heterocycles. The molecule has 1 aromatic heterocycles. The first-order chi connectivity index (χ1) is 14.6. The third-order valence-corrected chi connectivity index (χ3v) is 4.77. The van der Waals surface area contributed by atoms with Crippen molar-refractivity contribution >= 4 is 16.8 Å². The molecule has 1 N–H and O–H groups in total. The van der Waals surface area contributed by atoms with E-state index < -0.39 is 0 Å². The van der Waals surface area contributed by atoms with Gasteiger partial charge in [0.1, 0.15) is 11.6 Å². The second-order valence-corrected chi connectivity index (χ2v) is 6.85. The lowest BCUT2D eigenvalue weighted by Crippen LogP contribution is -2.22. The van der Waals surface area contributed by atoms with Crippen molar-refractivity contribution in [3.8, 4) is 17.0 Å². The van der Waals surface area contributed by atoms with E-state index in [1.807, 2.05) is 49.4 Å². The fourth-order valence-corrected chi connectivity index (χ4v) is 3.25. The van der Waals surface area contributed by atoms with Crippen molar-refractivity contribution in [1.82, 2.24) is 10.3 Å². The number of rotatable bonds is 6. The summed E-state index contributed by atoms with van der Waals surface area (Å²) in [6, 6.07) is 23.2. The van der Waals surface area contributed by atoms with Crippen LogP contribution in [0.5, 0.6) is 5.75 Å². The highest BCUT2D eigenvalue weighted by molar-refractivity contribution is 5.99. The van der Waals surface area contributed by atoms with Gasteiger partial charge in [0.25, 0.3) is 5.91 Å². The fourth-order valence-electron chi connectivity index (χ4n) is 3.25. The van der Waals surface area contributed by atoms with E-state index in [2.05, 4.69) is 5.32 Å². The lowest BCUT2D eigenvalue weighted by molar-refractivity contribution is 0.0951. The van der Waals surface area contributed by atoms with Crippen LogP contribution in [-0.4, -0.2) is 17.5 Å². The third kappa shape index (κ3) is 4.30. The maximum absolute atomic E-state index is 13.0. The molecule has 0 aliphatic rings. The molecule has 5 heteroatoms. The number of aromatic nitrogens is 1. The van der Waals surface area contributed by atoms with Crippen molar-refractivity contribution in [2.24, 2.45) is 0 Å². The average Bonchev–Trinajstić information content (AvgIpc) is 2.79. The molecular weight excluding hydrogens is 379 g/mol. The first-order valence-electron chi connectivity index (χ1n) is 9.79. The van der Waals surface area contributed by atoms with Gasteiger partial charge in [0, 0.05) is 29.1 Å². The van der Waals surface area contributed by atoms with Gasteiger partial charge in [-0.25, -0.2) is 9.37 Å². The normalized spacial score (nSPS) is 10.7. The van der Waals surface area contributed by atoms with Crippen molar-refractivity contribution in [3.63, 3.8) is 0 Å². The number of nitrogens with one attached hydrogen (secondary N) is 1. The molecule has 4 nitrogen and oxygen atoms in total. The van der Waals surface area contributed by atoms with E-state index in [9.17, 15) is 9.18 Å². The van der Waals surface area contributed by atoms with E-state index in [0.29, 0.717) is 24.5 Å². The Morgan fingerprint density at radius 1 is 1.00 bits per heavy atom. The van der Waals surface area contributed by atoms with Crippen LogP contribution in [0.15, 0.2) is 78.9 Å². The lowest BCUT2D eigenvalue weighted by Gasteiger charge is -2.12. The summed E-state index contributed by atoms with van der Waals surface area (Å²) in [5, 5.41) is 3.65. The molecule has 0 bridgehead atoms. The second kappa shape index (κ2) is 8.74. The van der Waals surface area contributed by atoms with Crippen molar-refractivity contribution in [3.05, 3.63) is 95.8 Å². The number of benzene rings is 3.